The molecule has 3 aliphatic heterocycles. The van der Waals surface area contributed by atoms with Gasteiger partial charge in [0.15, 0.2) is 0 Å². The summed E-state index contributed by atoms with van der Waals surface area (Å²) in [5.74, 6) is 4.92. The monoisotopic (exact) mass is 759 g/mol. The van der Waals surface area contributed by atoms with Gasteiger partial charge in [-0.05, 0) is 76.9 Å². The largest absolute Gasteiger partial charge is 0.497 e. The highest BCUT2D eigenvalue weighted by atomic mass is 16.6. The third-order valence-electron chi connectivity index (χ3n) is 11.0. The molecule has 2 amide bonds. The average Bonchev–Trinajstić information content (AvgIpc) is 3.73. The van der Waals surface area contributed by atoms with Crippen molar-refractivity contribution >= 4 is 23.5 Å². The van der Waals surface area contributed by atoms with E-state index < -0.39 is 53.3 Å². The number of fused-ring (bicyclic) bond motifs is 3. The highest BCUT2D eigenvalue weighted by Gasteiger charge is 2.74. The minimum Gasteiger partial charge on any atom is -0.497 e. The molecule has 3 heterocycles. The fourth-order valence-corrected chi connectivity index (χ4v) is 8.68. The van der Waals surface area contributed by atoms with E-state index in [1.54, 1.807) is 31.4 Å². The van der Waals surface area contributed by atoms with Crippen molar-refractivity contribution < 1.29 is 33.7 Å². The Morgan fingerprint density at radius 2 is 1.51 bits per heavy atom. The number of methoxy groups -OCH3 is 1. The zero-order chi connectivity index (χ0) is 39.5. The summed E-state index contributed by atoms with van der Waals surface area (Å²) in [6, 6.07) is 36.7. The van der Waals surface area contributed by atoms with Gasteiger partial charge in [-0.3, -0.25) is 19.3 Å². The van der Waals surface area contributed by atoms with Gasteiger partial charge < -0.3 is 30.0 Å². The second kappa shape index (κ2) is 15.8. The number of nitrogens with one attached hydrogen (secondary N) is 2. The second-order valence-corrected chi connectivity index (χ2v) is 14.1. The quantitative estimate of drug-likeness (QED) is 0.0895. The summed E-state index contributed by atoms with van der Waals surface area (Å²) in [5, 5.41) is 15.5. The van der Waals surface area contributed by atoms with Crippen molar-refractivity contribution in [2.75, 3.05) is 32.2 Å². The van der Waals surface area contributed by atoms with Gasteiger partial charge >= 0.3 is 5.97 Å². The van der Waals surface area contributed by atoms with Crippen LogP contribution in [0, 0.1) is 17.8 Å². The number of hydrogen-bond donors (Lipinski definition) is 3. The number of aliphatic hydroxyl groups excluding tert-OH is 1. The first-order chi connectivity index (χ1) is 27.9. The molecule has 3 N–H and O–H groups in total. The first-order valence-corrected chi connectivity index (χ1v) is 18.8. The van der Waals surface area contributed by atoms with Crippen LogP contribution in [0.5, 0.6) is 11.5 Å². The number of amides is 2. The van der Waals surface area contributed by atoms with Gasteiger partial charge in [0.1, 0.15) is 35.7 Å². The summed E-state index contributed by atoms with van der Waals surface area (Å²) in [7, 11) is 1.60. The average molecular weight is 760 g/mol. The lowest BCUT2D eigenvalue weighted by Crippen LogP contribution is -2.54. The van der Waals surface area contributed by atoms with Crippen molar-refractivity contribution in [3.8, 4) is 23.3 Å². The molecule has 2 fully saturated rings. The Bertz CT molecular complexity index is 2360. The molecule has 57 heavy (non-hydrogen) atoms. The highest BCUT2D eigenvalue weighted by molar-refractivity contribution is 6.12. The molecule has 10 heteroatoms. The Labute approximate surface area is 331 Å². The minimum atomic E-state index is -1.66. The van der Waals surface area contributed by atoms with Crippen molar-refractivity contribution in [2.45, 2.75) is 29.6 Å². The molecule has 3 aliphatic rings. The highest BCUT2D eigenvalue weighted by Crippen LogP contribution is 2.64. The van der Waals surface area contributed by atoms with E-state index in [1.807, 2.05) is 114 Å². The SMILES string of the molecule is C=CCNC(=O)[C@@H]1[C@H]2C(=O)O[C@H](c3ccccc3)[C@H](c3ccccc3)N2[C@H](c2ccc(OCCO)cc2)[C@@]12C(=O)Nc1ccc(C#Cc3ccc(OC)cc3)cc12. The number of cyclic esters (lactones) is 1. The van der Waals surface area contributed by atoms with E-state index in [0.717, 1.165) is 16.7 Å². The van der Waals surface area contributed by atoms with Gasteiger partial charge in [0, 0.05) is 23.4 Å². The molecule has 8 rings (SSSR count). The predicted molar refractivity (Wildman–Crippen MR) is 214 cm³/mol. The summed E-state index contributed by atoms with van der Waals surface area (Å²) in [6.45, 7) is 3.86. The van der Waals surface area contributed by atoms with Gasteiger partial charge in [0.25, 0.3) is 0 Å². The molecule has 5 aromatic carbocycles. The molecule has 0 aliphatic carbocycles. The number of aliphatic hydroxyl groups is 1. The van der Waals surface area contributed by atoms with Crippen LogP contribution in [0.3, 0.4) is 0 Å². The zero-order valence-corrected chi connectivity index (χ0v) is 31.3. The maximum absolute atomic E-state index is 15.2. The van der Waals surface area contributed by atoms with Gasteiger partial charge in [-0.1, -0.05) is 90.7 Å². The van der Waals surface area contributed by atoms with Crippen molar-refractivity contribution in [3.63, 3.8) is 0 Å². The number of nitrogens with zero attached hydrogens (tertiary/aromatic N) is 1. The third-order valence-corrected chi connectivity index (χ3v) is 11.0. The molecule has 10 nitrogen and oxygen atoms in total. The van der Waals surface area contributed by atoms with E-state index in [4.69, 9.17) is 14.2 Å². The first kappa shape index (κ1) is 37.3. The lowest BCUT2D eigenvalue weighted by molar-refractivity contribution is -0.178. The summed E-state index contributed by atoms with van der Waals surface area (Å²) >= 11 is 0. The van der Waals surface area contributed by atoms with Gasteiger partial charge in [-0.25, -0.2) is 0 Å². The van der Waals surface area contributed by atoms with Crippen LogP contribution < -0.4 is 20.1 Å². The number of esters is 1. The number of carbonyl (C=O) groups excluding carboxylic acids is 3. The Hall–Kier alpha value is -6.67. The first-order valence-electron chi connectivity index (χ1n) is 18.8. The number of rotatable bonds is 10. The molecule has 1 spiro atoms. The number of hydrogen-bond acceptors (Lipinski definition) is 8. The maximum atomic E-state index is 15.2. The summed E-state index contributed by atoms with van der Waals surface area (Å²) in [6.07, 6.45) is 0.775. The normalized spacial score (nSPS) is 23.3. The van der Waals surface area contributed by atoms with Crippen molar-refractivity contribution in [1.29, 1.82) is 0 Å². The van der Waals surface area contributed by atoms with Crippen LogP contribution in [0.25, 0.3) is 0 Å². The van der Waals surface area contributed by atoms with E-state index in [-0.39, 0.29) is 19.8 Å². The van der Waals surface area contributed by atoms with Gasteiger partial charge in [-0.2, -0.15) is 0 Å². The molecular formula is C47H41N3O7. The van der Waals surface area contributed by atoms with Crippen LogP contribution in [0.4, 0.5) is 5.69 Å². The van der Waals surface area contributed by atoms with Crippen molar-refractivity contribution in [1.82, 2.24) is 10.2 Å². The molecule has 0 saturated carbocycles. The molecular weight excluding hydrogens is 719 g/mol. The fraction of sp³-hybridized carbons (Fsp3) is 0.213. The molecule has 5 aromatic rings. The predicted octanol–water partition coefficient (Wildman–Crippen LogP) is 6.04. The molecule has 286 valence electrons. The summed E-state index contributed by atoms with van der Waals surface area (Å²) < 4.78 is 17.5. The standard InChI is InChI=1S/C47H41N3O7/c1-3-26-48-44(52)39-41-45(53)57-42(33-12-8-5-9-13-33)40(32-10-6-4-7-11-32)50(41)43(34-19-23-36(24-20-34)56-28-27-51)47(39)37-29-31(18-25-38(37)49-46(47)54)15-14-30-16-21-35(55-2)22-17-30/h3-13,16-25,29,39-43,51H,1,26-28H2,2H3,(H,48,52)(H,49,54)/t39-,40-,41-,42+,43+,47-/m0/s1. The topological polar surface area (TPSA) is 126 Å². The van der Waals surface area contributed by atoms with Crippen molar-refractivity contribution in [2.24, 2.45) is 5.92 Å². The zero-order valence-electron chi connectivity index (χ0n) is 31.3. The minimum absolute atomic E-state index is 0.100. The van der Waals surface area contributed by atoms with Gasteiger partial charge in [0.05, 0.1) is 31.7 Å². The second-order valence-electron chi connectivity index (χ2n) is 14.1. The van der Waals surface area contributed by atoms with Crippen LogP contribution in [0.1, 0.15) is 51.6 Å². The van der Waals surface area contributed by atoms with E-state index in [2.05, 4.69) is 29.1 Å². The van der Waals surface area contributed by atoms with Gasteiger partial charge in [0.2, 0.25) is 11.8 Å². The summed E-state index contributed by atoms with van der Waals surface area (Å²) in [4.78, 5) is 47.0. The Kier molecular flexibility index (Phi) is 10.3. The van der Waals surface area contributed by atoms with Crippen LogP contribution in [0.2, 0.25) is 0 Å². The Morgan fingerprint density at radius 3 is 2.18 bits per heavy atom. The molecule has 0 bridgehead atoms. The van der Waals surface area contributed by atoms with Crippen LogP contribution in [0.15, 0.2) is 140 Å². The third kappa shape index (κ3) is 6.61. The number of benzene rings is 5. The van der Waals surface area contributed by atoms with E-state index >= 15 is 4.79 Å². The molecule has 0 aromatic heterocycles. The number of carbonyl (C=O) groups is 3. The van der Waals surface area contributed by atoms with Gasteiger partial charge in [-0.15, -0.1) is 6.58 Å². The molecule has 2 saturated heterocycles. The molecule has 6 atom stereocenters. The van der Waals surface area contributed by atoms with Crippen LogP contribution in [-0.4, -0.2) is 60.7 Å². The van der Waals surface area contributed by atoms with E-state index in [9.17, 15) is 14.7 Å². The number of ether oxygens (including phenoxy) is 3. The Morgan fingerprint density at radius 1 is 0.860 bits per heavy atom. The van der Waals surface area contributed by atoms with Crippen LogP contribution in [-0.2, 0) is 24.5 Å². The van der Waals surface area contributed by atoms with E-state index in [1.165, 1.54) is 0 Å². The molecule has 0 radical (unpaired) electrons. The number of morpholine rings is 1. The summed E-state index contributed by atoms with van der Waals surface area (Å²) in [5.41, 5.74) is 3.08. The lowest BCUT2D eigenvalue weighted by atomic mass is 9.65. The van der Waals surface area contributed by atoms with Crippen LogP contribution >= 0.6 is 0 Å². The lowest BCUT2D eigenvalue weighted by Gasteiger charge is -2.46. The smallest absolute Gasteiger partial charge is 0.324 e. The van der Waals surface area contributed by atoms with Crippen molar-refractivity contribution in [3.05, 3.63) is 173 Å². The molecule has 0 unspecified atom stereocenters. The maximum Gasteiger partial charge on any atom is 0.324 e. The fourth-order valence-electron chi connectivity index (χ4n) is 8.68. The van der Waals surface area contributed by atoms with E-state index in [0.29, 0.717) is 33.9 Å². The number of anilines is 1. The Balaban J connectivity index is 1.39.